The third kappa shape index (κ3) is 5.26. The summed E-state index contributed by atoms with van der Waals surface area (Å²) in [6.45, 7) is 0.996. The van der Waals surface area contributed by atoms with Gasteiger partial charge in [-0.25, -0.2) is 5.01 Å². The summed E-state index contributed by atoms with van der Waals surface area (Å²) in [4.78, 5) is 0. The molecule has 6 rings (SSSR count). The maximum atomic E-state index is 3.60. The summed E-state index contributed by atoms with van der Waals surface area (Å²) in [6.07, 6.45) is 16.4. The highest BCUT2D eigenvalue weighted by Gasteiger charge is 2.52. The van der Waals surface area contributed by atoms with Gasteiger partial charge < -0.3 is 0 Å². The third-order valence-corrected chi connectivity index (χ3v) is 8.00. The summed E-state index contributed by atoms with van der Waals surface area (Å²) in [5.41, 5.74) is 8.07. The number of hydrazine groups is 1. The predicted octanol–water partition coefficient (Wildman–Crippen LogP) is 7.59. The van der Waals surface area contributed by atoms with Gasteiger partial charge in [-0.3, -0.25) is 5.32 Å². The van der Waals surface area contributed by atoms with Crippen molar-refractivity contribution in [1.29, 1.82) is 0 Å². The SMILES string of the molecule is CNC(c1ccccc1)N1C(C2C=CCCC2)N1CC1=CC(c2cccc(-c3ccccc3)c2)=CCC1. The number of hydrogen-bond acceptors (Lipinski definition) is 3. The molecule has 1 aliphatic heterocycles. The second kappa shape index (κ2) is 11.0. The van der Waals surface area contributed by atoms with Gasteiger partial charge in [-0.05, 0) is 73.0 Å². The van der Waals surface area contributed by atoms with Crippen molar-refractivity contribution in [2.45, 2.75) is 44.4 Å². The Kier molecular flexibility index (Phi) is 7.18. The number of allylic oxidation sites excluding steroid dienone is 4. The van der Waals surface area contributed by atoms with E-state index < -0.39 is 0 Å². The minimum absolute atomic E-state index is 0.197. The molecule has 1 fully saturated rings. The predicted molar refractivity (Wildman–Crippen MR) is 154 cm³/mol. The maximum absolute atomic E-state index is 3.60. The maximum Gasteiger partial charge on any atom is 0.101 e. The van der Waals surface area contributed by atoms with E-state index in [4.69, 9.17) is 0 Å². The van der Waals surface area contributed by atoms with E-state index in [-0.39, 0.29) is 6.17 Å². The van der Waals surface area contributed by atoms with Crippen LogP contribution in [0.1, 0.15) is 49.4 Å². The van der Waals surface area contributed by atoms with Crippen LogP contribution in [0, 0.1) is 5.92 Å². The summed E-state index contributed by atoms with van der Waals surface area (Å²) in [5, 5.41) is 8.80. The van der Waals surface area contributed by atoms with Gasteiger partial charge in [0, 0.05) is 12.5 Å². The van der Waals surface area contributed by atoms with Gasteiger partial charge in [-0.1, -0.05) is 109 Å². The molecule has 1 N–H and O–H groups in total. The summed E-state index contributed by atoms with van der Waals surface area (Å²) in [6, 6.07) is 30.6. The topological polar surface area (TPSA) is 18.0 Å². The fourth-order valence-corrected chi connectivity index (χ4v) is 6.11. The summed E-state index contributed by atoms with van der Waals surface area (Å²) < 4.78 is 0. The molecule has 0 aromatic heterocycles. The van der Waals surface area contributed by atoms with Gasteiger partial charge in [-0.2, -0.15) is 5.01 Å². The highest BCUT2D eigenvalue weighted by molar-refractivity contribution is 5.79. The number of benzene rings is 3. The van der Waals surface area contributed by atoms with Gasteiger partial charge in [-0.15, -0.1) is 0 Å². The lowest BCUT2D eigenvalue weighted by Crippen LogP contribution is -2.28. The Morgan fingerprint density at radius 2 is 1.62 bits per heavy atom. The molecule has 3 aromatic carbocycles. The fraction of sp³-hybridized carbons (Fsp3) is 0.294. The molecular formula is C34H37N3. The minimum Gasteiger partial charge on any atom is -0.300 e. The first-order chi connectivity index (χ1) is 18.3. The van der Waals surface area contributed by atoms with Crippen molar-refractivity contribution in [2.24, 2.45) is 5.92 Å². The van der Waals surface area contributed by atoms with Crippen LogP contribution >= 0.6 is 0 Å². The van der Waals surface area contributed by atoms with Crippen LogP contribution in [0.2, 0.25) is 0 Å². The normalized spacial score (nSPS) is 25.8. The Labute approximate surface area is 221 Å². The van der Waals surface area contributed by atoms with Gasteiger partial charge in [0.1, 0.15) is 6.17 Å². The lowest BCUT2D eigenvalue weighted by molar-refractivity contribution is 0.221. The standard InChI is InChI=1S/C34H37N3/c1-35-33(28-16-7-3-8-17-28)37-34(29-18-9-4-10-19-29)36(37)25-26-13-11-20-30(23-26)32-22-12-21-31(24-32)27-14-5-2-6-15-27/h2-3,5-9,12,14-18,20-24,29,33-35H,4,10-11,13,19,25H2,1H3. The lowest BCUT2D eigenvalue weighted by Gasteiger charge is -2.21. The van der Waals surface area contributed by atoms with E-state index in [2.05, 4.69) is 132 Å². The van der Waals surface area contributed by atoms with Crippen molar-refractivity contribution >= 4 is 5.57 Å². The van der Waals surface area contributed by atoms with Crippen molar-refractivity contribution < 1.29 is 0 Å². The first-order valence-electron chi connectivity index (χ1n) is 13.8. The van der Waals surface area contributed by atoms with Crippen LogP contribution in [0.4, 0.5) is 0 Å². The van der Waals surface area contributed by atoms with E-state index in [0.29, 0.717) is 12.1 Å². The first-order valence-corrected chi connectivity index (χ1v) is 13.8. The van der Waals surface area contributed by atoms with E-state index in [1.807, 2.05) is 0 Å². The highest BCUT2D eigenvalue weighted by Crippen LogP contribution is 2.44. The monoisotopic (exact) mass is 487 g/mol. The molecule has 3 aromatic rings. The van der Waals surface area contributed by atoms with Crippen LogP contribution < -0.4 is 5.32 Å². The van der Waals surface area contributed by atoms with Crippen LogP contribution in [-0.2, 0) is 0 Å². The fourth-order valence-electron chi connectivity index (χ4n) is 6.11. The van der Waals surface area contributed by atoms with E-state index in [1.165, 1.54) is 52.7 Å². The van der Waals surface area contributed by atoms with Gasteiger partial charge in [0.05, 0.1) is 6.17 Å². The summed E-state index contributed by atoms with van der Waals surface area (Å²) >= 11 is 0. The molecule has 5 unspecified atom stereocenters. The van der Waals surface area contributed by atoms with Gasteiger partial charge in [0.25, 0.3) is 0 Å². The molecule has 0 radical (unpaired) electrons. The van der Waals surface area contributed by atoms with Gasteiger partial charge in [0.2, 0.25) is 0 Å². The second-order valence-electron chi connectivity index (χ2n) is 10.5. The van der Waals surface area contributed by atoms with Gasteiger partial charge in [0.15, 0.2) is 0 Å². The number of hydrogen-bond donors (Lipinski definition) is 1. The minimum atomic E-state index is 0.197. The van der Waals surface area contributed by atoms with E-state index >= 15 is 0 Å². The quantitative estimate of drug-likeness (QED) is 0.261. The van der Waals surface area contributed by atoms with Crippen LogP contribution in [-0.4, -0.2) is 29.8 Å². The number of nitrogens with zero attached hydrogens (tertiary/aromatic N) is 2. The molecule has 0 saturated carbocycles. The zero-order valence-corrected chi connectivity index (χ0v) is 21.8. The molecule has 0 amide bonds. The van der Waals surface area contributed by atoms with Crippen LogP contribution in [0.3, 0.4) is 0 Å². The molecule has 37 heavy (non-hydrogen) atoms. The van der Waals surface area contributed by atoms with E-state index in [0.717, 1.165) is 19.4 Å². The van der Waals surface area contributed by atoms with Crippen molar-refractivity contribution in [3.05, 3.63) is 126 Å². The van der Waals surface area contributed by atoms with Crippen LogP contribution in [0.5, 0.6) is 0 Å². The molecule has 188 valence electrons. The molecular weight excluding hydrogens is 450 g/mol. The van der Waals surface area contributed by atoms with Crippen LogP contribution in [0.25, 0.3) is 16.7 Å². The number of rotatable bonds is 8. The number of nitrogens with one attached hydrogen (secondary N) is 1. The Bertz CT molecular complexity index is 1290. The Morgan fingerprint density at radius 3 is 2.38 bits per heavy atom. The zero-order chi connectivity index (χ0) is 25.0. The Morgan fingerprint density at radius 1 is 0.865 bits per heavy atom. The first kappa shape index (κ1) is 24.1. The zero-order valence-electron chi connectivity index (χ0n) is 21.8. The Hall–Kier alpha value is -3.24. The second-order valence-corrected chi connectivity index (χ2v) is 10.5. The van der Waals surface area contributed by atoms with Crippen molar-refractivity contribution in [1.82, 2.24) is 15.3 Å². The molecule has 0 bridgehead atoms. The molecule has 3 aliphatic rings. The van der Waals surface area contributed by atoms with Crippen molar-refractivity contribution in [2.75, 3.05) is 13.6 Å². The molecule has 3 nitrogen and oxygen atoms in total. The molecule has 1 saturated heterocycles. The van der Waals surface area contributed by atoms with Crippen molar-refractivity contribution in [3.63, 3.8) is 0 Å². The third-order valence-electron chi connectivity index (χ3n) is 8.00. The summed E-state index contributed by atoms with van der Waals surface area (Å²) in [7, 11) is 2.09. The Balaban J connectivity index is 1.24. The molecule has 3 heteroatoms. The average molecular weight is 488 g/mol. The highest BCUT2D eigenvalue weighted by atomic mass is 15.9. The van der Waals surface area contributed by atoms with Crippen molar-refractivity contribution in [3.8, 4) is 11.1 Å². The molecule has 1 heterocycles. The largest absolute Gasteiger partial charge is 0.300 e. The summed E-state index contributed by atoms with van der Waals surface area (Å²) in [5.74, 6) is 0.593. The van der Waals surface area contributed by atoms with Gasteiger partial charge >= 0.3 is 0 Å². The molecule has 5 atom stereocenters. The molecule has 2 aliphatic carbocycles. The average Bonchev–Trinajstić information content (AvgIpc) is 3.67. The molecule has 0 spiro atoms. The van der Waals surface area contributed by atoms with E-state index in [1.54, 1.807) is 0 Å². The van der Waals surface area contributed by atoms with Crippen LogP contribution in [0.15, 0.2) is 115 Å². The van der Waals surface area contributed by atoms with E-state index in [9.17, 15) is 0 Å². The lowest BCUT2D eigenvalue weighted by atomic mass is 9.92. The smallest absolute Gasteiger partial charge is 0.101 e.